The first-order valence-electron chi connectivity index (χ1n) is 11.1. The number of amides is 1. The zero-order valence-corrected chi connectivity index (χ0v) is 18.2. The van der Waals surface area contributed by atoms with Gasteiger partial charge in [0.15, 0.2) is 11.6 Å². The SMILES string of the molecule is O=C(Nc1ccc(-c2nnnn2C2CC2)cc1)c1oc2ccccc2c1COc1ccccc1. The number of nitrogens with zero attached hydrogens (tertiary/aromatic N) is 4. The van der Waals surface area contributed by atoms with Crippen molar-refractivity contribution in [1.82, 2.24) is 20.2 Å². The molecule has 0 saturated heterocycles. The van der Waals surface area contributed by atoms with Crippen LogP contribution in [0.3, 0.4) is 0 Å². The molecular weight excluding hydrogens is 430 g/mol. The molecule has 2 heterocycles. The molecule has 8 heteroatoms. The molecule has 5 aromatic rings. The Hall–Kier alpha value is -4.46. The van der Waals surface area contributed by atoms with E-state index in [9.17, 15) is 4.79 Å². The number of tetrazole rings is 1. The lowest BCUT2D eigenvalue weighted by Gasteiger charge is -2.08. The van der Waals surface area contributed by atoms with Crippen LogP contribution < -0.4 is 10.1 Å². The lowest BCUT2D eigenvalue weighted by molar-refractivity contribution is 0.0995. The van der Waals surface area contributed by atoms with Crippen LogP contribution in [0.15, 0.2) is 83.3 Å². The first kappa shape index (κ1) is 20.2. The minimum atomic E-state index is -0.335. The number of fused-ring (bicyclic) bond motifs is 1. The zero-order chi connectivity index (χ0) is 22.9. The number of hydrogen-bond donors (Lipinski definition) is 1. The Morgan fingerprint density at radius 3 is 2.56 bits per heavy atom. The van der Waals surface area contributed by atoms with Gasteiger partial charge in [-0.2, -0.15) is 0 Å². The standard InChI is InChI=1S/C26H21N5O3/c32-26(27-18-12-10-17(11-13-18)25-28-29-30-31(25)19-14-15-19)24-22(16-33-20-6-2-1-3-7-20)21-8-4-5-9-23(21)34-24/h1-13,19H,14-16H2,(H,27,32). The summed E-state index contributed by atoms with van der Waals surface area (Å²) in [5.41, 5.74) is 2.89. The van der Waals surface area contributed by atoms with E-state index in [4.69, 9.17) is 9.15 Å². The van der Waals surface area contributed by atoms with Gasteiger partial charge < -0.3 is 14.5 Å². The van der Waals surface area contributed by atoms with E-state index in [1.807, 2.05) is 83.5 Å². The number of nitrogens with one attached hydrogen (secondary N) is 1. The molecule has 1 saturated carbocycles. The summed E-state index contributed by atoms with van der Waals surface area (Å²) in [5.74, 6) is 1.36. The number of aromatic nitrogens is 4. The van der Waals surface area contributed by atoms with Crippen LogP contribution in [0.2, 0.25) is 0 Å². The maximum Gasteiger partial charge on any atom is 0.291 e. The molecule has 34 heavy (non-hydrogen) atoms. The van der Waals surface area contributed by atoms with Gasteiger partial charge in [-0.3, -0.25) is 4.79 Å². The predicted molar refractivity (Wildman–Crippen MR) is 126 cm³/mol. The predicted octanol–water partition coefficient (Wildman–Crippen LogP) is 5.25. The van der Waals surface area contributed by atoms with Crippen molar-refractivity contribution in [1.29, 1.82) is 0 Å². The molecule has 0 spiro atoms. The summed E-state index contributed by atoms with van der Waals surface area (Å²) in [4.78, 5) is 13.2. The monoisotopic (exact) mass is 451 g/mol. The molecule has 1 N–H and O–H groups in total. The van der Waals surface area contributed by atoms with Gasteiger partial charge in [-0.25, -0.2) is 4.68 Å². The normalized spacial score (nSPS) is 13.2. The van der Waals surface area contributed by atoms with E-state index in [1.165, 1.54) is 0 Å². The molecule has 0 unspecified atom stereocenters. The van der Waals surface area contributed by atoms with Crippen molar-refractivity contribution in [3.05, 3.63) is 90.2 Å². The van der Waals surface area contributed by atoms with Crippen molar-refractivity contribution in [2.75, 3.05) is 5.32 Å². The Labute approximate surface area is 195 Å². The number of hydrogen-bond acceptors (Lipinski definition) is 6. The Morgan fingerprint density at radius 2 is 1.76 bits per heavy atom. The van der Waals surface area contributed by atoms with Crippen LogP contribution in [-0.4, -0.2) is 26.1 Å². The average Bonchev–Trinajstić information content (AvgIpc) is 3.48. The van der Waals surface area contributed by atoms with Gasteiger partial charge in [-0.05, 0) is 65.7 Å². The minimum absolute atomic E-state index is 0.215. The molecule has 0 aliphatic heterocycles. The highest BCUT2D eigenvalue weighted by Crippen LogP contribution is 2.36. The van der Waals surface area contributed by atoms with Gasteiger partial charge in [-0.1, -0.05) is 36.4 Å². The van der Waals surface area contributed by atoms with Crippen LogP contribution in [0.4, 0.5) is 5.69 Å². The molecule has 1 amide bonds. The largest absolute Gasteiger partial charge is 0.489 e. The van der Waals surface area contributed by atoms with Crippen molar-refractivity contribution in [2.24, 2.45) is 0 Å². The first-order valence-corrected chi connectivity index (χ1v) is 11.1. The Morgan fingerprint density at radius 1 is 1.00 bits per heavy atom. The summed E-state index contributed by atoms with van der Waals surface area (Å²) in [6, 6.07) is 24.9. The molecule has 0 bridgehead atoms. The third-order valence-corrected chi connectivity index (χ3v) is 5.82. The van der Waals surface area contributed by atoms with Crippen molar-refractivity contribution < 1.29 is 13.9 Å². The molecule has 1 aliphatic rings. The number of para-hydroxylation sites is 2. The molecule has 168 valence electrons. The molecule has 0 atom stereocenters. The van der Waals surface area contributed by atoms with Crippen molar-refractivity contribution in [3.8, 4) is 17.1 Å². The van der Waals surface area contributed by atoms with Crippen molar-refractivity contribution in [2.45, 2.75) is 25.5 Å². The number of rotatable bonds is 7. The minimum Gasteiger partial charge on any atom is -0.489 e. The highest BCUT2D eigenvalue weighted by molar-refractivity contribution is 6.06. The van der Waals surface area contributed by atoms with Crippen LogP contribution >= 0.6 is 0 Å². The molecule has 1 fully saturated rings. The third-order valence-electron chi connectivity index (χ3n) is 5.82. The van der Waals surface area contributed by atoms with Crippen LogP contribution in [0, 0.1) is 0 Å². The topological polar surface area (TPSA) is 95.1 Å². The molecule has 0 radical (unpaired) electrons. The number of ether oxygens (including phenoxy) is 1. The quantitative estimate of drug-likeness (QED) is 0.363. The van der Waals surface area contributed by atoms with Gasteiger partial charge in [0.05, 0.1) is 6.04 Å². The van der Waals surface area contributed by atoms with Gasteiger partial charge in [0, 0.05) is 22.2 Å². The summed E-state index contributed by atoms with van der Waals surface area (Å²) in [7, 11) is 0. The smallest absolute Gasteiger partial charge is 0.291 e. The lowest BCUT2D eigenvalue weighted by Crippen LogP contribution is -2.13. The van der Waals surface area contributed by atoms with Crippen molar-refractivity contribution in [3.63, 3.8) is 0 Å². The Bertz CT molecular complexity index is 1450. The van der Waals surface area contributed by atoms with E-state index in [0.29, 0.717) is 22.9 Å². The maximum absolute atomic E-state index is 13.2. The maximum atomic E-state index is 13.2. The Kier molecular flexibility index (Phi) is 5.03. The van der Waals surface area contributed by atoms with Crippen LogP contribution in [-0.2, 0) is 6.61 Å². The highest BCUT2D eigenvalue weighted by atomic mass is 16.5. The fraction of sp³-hybridized carbons (Fsp3) is 0.154. The summed E-state index contributed by atoms with van der Waals surface area (Å²) in [5, 5.41) is 15.8. The summed E-state index contributed by atoms with van der Waals surface area (Å²) >= 11 is 0. The average molecular weight is 451 g/mol. The van der Waals surface area contributed by atoms with Gasteiger partial charge in [0.2, 0.25) is 0 Å². The second-order valence-corrected chi connectivity index (χ2v) is 8.22. The van der Waals surface area contributed by atoms with E-state index in [1.54, 1.807) is 0 Å². The summed E-state index contributed by atoms with van der Waals surface area (Å²) in [6.45, 7) is 0.215. The number of carbonyl (C=O) groups is 1. The number of furan rings is 1. The molecular formula is C26H21N5O3. The number of carbonyl (C=O) groups excluding carboxylic acids is 1. The van der Waals surface area contributed by atoms with Gasteiger partial charge in [-0.15, -0.1) is 5.10 Å². The van der Waals surface area contributed by atoms with Gasteiger partial charge in [0.1, 0.15) is 17.9 Å². The van der Waals surface area contributed by atoms with E-state index in [2.05, 4.69) is 20.8 Å². The molecule has 3 aromatic carbocycles. The number of benzene rings is 3. The van der Waals surface area contributed by atoms with E-state index in [-0.39, 0.29) is 18.3 Å². The second-order valence-electron chi connectivity index (χ2n) is 8.22. The van der Waals surface area contributed by atoms with E-state index >= 15 is 0 Å². The highest BCUT2D eigenvalue weighted by Gasteiger charge is 2.28. The van der Waals surface area contributed by atoms with Gasteiger partial charge >= 0.3 is 0 Å². The Balaban J connectivity index is 1.24. The zero-order valence-electron chi connectivity index (χ0n) is 18.2. The molecule has 2 aromatic heterocycles. The molecule has 8 nitrogen and oxygen atoms in total. The van der Waals surface area contributed by atoms with E-state index in [0.717, 1.165) is 35.4 Å². The lowest BCUT2D eigenvalue weighted by atomic mass is 10.1. The van der Waals surface area contributed by atoms with Crippen LogP contribution in [0.1, 0.15) is 35.0 Å². The number of anilines is 1. The second kappa shape index (κ2) is 8.47. The molecule has 1 aliphatic carbocycles. The van der Waals surface area contributed by atoms with Crippen LogP contribution in [0.5, 0.6) is 5.75 Å². The molecule has 6 rings (SSSR count). The first-order chi connectivity index (χ1) is 16.8. The van der Waals surface area contributed by atoms with Crippen LogP contribution in [0.25, 0.3) is 22.4 Å². The third kappa shape index (κ3) is 3.90. The van der Waals surface area contributed by atoms with Gasteiger partial charge in [0.25, 0.3) is 5.91 Å². The fourth-order valence-corrected chi connectivity index (χ4v) is 3.94. The fourth-order valence-electron chi connectivity index (χ4n) is 3.94. The summed E-state index contributed by atoms with van der Waals surface area (Å²) in [6.07, 6.45) is 2.19. The summed E-state index contributed by atoms with van der Waals surface area (Å²) < 4.78 is 13.7. The van der Waals surface area contributed by atoms with E-state index < -0.39 is 0 Å². The van der Waals surface area contributed by atoms with Crippen molar-refractivity contribution >= 4 is 22.6 Å².